The molecule has 0 aromatic heterocycles. The van der Waals surface area contributed by atoms with E-state index in [9.17, 15) is 0 Å². The molecular formula is C15H33NO2. The highest BCUT2D eigenvalue weighted by Crippen LogP contribution is 2.29. The first kappa shape index (κ1) is 17.9. The fraction of sp³-hybridized carbons (Fsp3) is 1.00. The van der Waals surface area contributed by atoms with Gasteiger partial charge in [0.1, 0.15) is 0 Å². The van der Waals surface area contributed by atoms with Crippen molar-refractivity contribution in [2.24, 2.45) is 0 Å². The zero-order valence-electron chi connectivity index (χ0n) is 13.4. The van der Waals surface area contributed by atoms with Gasteiger partial charge in [0, 0.05) is 20.3 Å². The predicted octanol–water partition coefficient (Wildman–Crippen LogP) is 3.37. The van der Waals surface area contributed by atoms with Gasteiger partial charge < -0.3 is 14.8 Å². The third-order valence-electron chi connectivity index (χ3n) is 4.28. The van der Waals surface area contributed by atoms with Gasteiger partial charge in [0.2, 0.25) is 0 Å². The van der Waals surface area contributed by atoms with Crippen LogP contribution in [0.1, 0.15) is 60.3 Å². The lowest BCUT2D eigenvalue weighted by atomic mass is 9.83. The highest BCUT2D eigenvalue weighted by Gasteiger charge is 2.36. The van der Waals surface area contributed by atoms with Gasteiger partial charge in [0.25, 0.3) is 0 Å². The van der Waals surface area contributed by atoms with Crippen molar-refractivity contribution in [3.63, 3.8) is 0 Å². The maximum Gasteiger partial charge on any atom is 0.0825 e. The molecule has 1 atom stereocenters. The summed E-state index contributed by atoms with van der Waals surface area (Å²) in [4.78, 5) is 0. The summed E-state index contributed by atoms with van der Waals surface area (Å²) in [6, 6.07) is 0.386. The number of likely N-dealkylation sites (N-methyl/N-ethyl adjacent to an activating group) is 1. The molecule has 0 saturated carbocycles. The van der Waals surface area contributed by atoms with Crippen LogP contribution in [0.4, 0.5) is 0 Å². The molecule has 0 fully saturated rings. The van der Waals surface area contributed by atoms with Gasteiger partial charge in [-0.25, -0.2) is 0 Å². The molecule has 18 heavy (non-hydrogen) atoms. The maximum absolute atomic E-state index is 5.85. The number of hydrogen-bond acceptors (Lipinski definition) is 3. The average molecular weight is 259 g/mol. The Balaban J connectivity index is 4.73. The van der Waals surface area contributed by atoms with Crippen molar-refractivity contribution in [3.8, 4) is 0 Å². The summed E-state index contributed by atoms with van der Waals surface area (Å²) in [5.74, 6) is 0. The number of hydrogen-bond donors (Lipinski definition) is 1. The van der Waals surface area contributed by atoms with Crippen molar-refractivity contribution < 1.29 is 9.47 Å². The summed E-state index contributed by atoms with van der Waals surface area (Å²) < 4.78 is 11.4. The Morgan fingerprint density at radius 2 is 1.56 bits per heavy atom. The molecule has 0 rings (SSSR count). The van der Waals surface area contributed by atoms with Gasteiger partial charge in [-0.2, -0.15) is 0 Å². The monoisotopic (exact) mass is 259 g/mol. The van der Waals surface area contributed by atoms with Crippen molar-refractivity contribution in [2.75, 3.05) is 20.8 Å². The molecule has 0 amide bonds. The van der Waals surface area contributed by atoms with E-state index in [0.717, 1.165) is 32.2 Å². The molecule has 0 aliphatic heterocycles. The van der Waals surface area contributed by atoms with E-state index < -0.39 is 0 Å². The molecule has 0 spiro atoms. The number of rotatable bonds is 10. The Kier molecular flexibility index (Phi) is 8.08. The second kappa shape index (κ2) is 8.13. The van der Waals surface area contributed by atoms with E-state index in [0.29, 0.717) is 6.04 Å². The minimum Gasteiger partial charge on any atom is -0.379 e. The molecule has 0 aliphatic rings. The zero-order chi connectivity index (χ0) is 14.2. The van der Waals surface area contributed by atoms with Crippen LogP contribution in [0.15, 0.2) is 0 Å². The summed E-state index contributed by atoms with van der Waals surface area (Å²) in [6.45, 7) is 11.8. The second-order valence-electron chi connectivity index (χ2n) is 5.59. The van der Waals surface area contributed by atoms with Crippen molar-refractivity contribution in [2.45, 2.75) is 77.5 Å². The molecule has 3 nitrogen and oxygen atoms in total. The third kappa shape index (κ3) is 4.87. The Hall–Kier alpha value is -0.120. The highest BCUT2D eigenvalue weighted by atomic mass is 16.5. The van der Waals surface area contributed by atoms with Crippen LogP contribution in [-0.2, 0) is 9.47 Å². The molecule has 1 unspecified atom stereocenters. The summed E-state index contributed by atoms with van der Waals surface area (Å²) in [5.41, 5.74) is -0.117. The minimum absolute atomic E-state index is 0.0557. The van der Waals surface area contributed by atoms with Gasteiger partial charge in [-0.3, -0.25) is 0 Å². The standard InChI is InChI=1S/C15H33NO2/c1-8-15(9-2,18-7)13(16-10-3)11-12-14(4,5)17-6/h13,16H,8-12H2,1-7H3. The van der Waals surface area contributed by atoms with Crippen LogP contribution >= 0.6 is 0 Å². The van der Waals surface area contributed by atoms with E-state index in [1.54, 1.807) is 7.11 Å². The summed E-state index contributed by atoms with van der Waals surface area (Å²) in [6.07, 6.45) is 4.17. The molecule has 0 heterocycles. The van der Waals surface area contributed by atoms with Crippen LogP contribution < -0.4 is 5.32 Å². The van der Waals surface area contributed by atoms with Crippen LogP contribution in [0.25, 0.3) is 0 Å². The van der Waals surface area contributed by atoms with Crippen LogP contribution in [0.5, 0.6) is 0 Å². The van der Waals surface area contributed by atoms with Crippen LogP contribution in [0, 0.1) is 0 Å². The largest absolute Gasteiger partial charge is 0.379 e. The number of nitrogens with one attached hydrogen (secondary N) is 1. The Labute approximate surface area is 114 Å². The molecule has 0 aliphatic carbocycles. The summed E-state index contributed by atoms with van der Waals surface area (Å²) in [5, 5.41) is 3.59. The van der Waals surface area contributed by atoms with E-state index in [-0.39, 0.29) is 11.2 Å². The van der Waals surface area contributed by atoms with Gasteiger partial charge >= 0.3 is 0 Å². The maximum atomic E-state index is 5.85. The Bertz CT molecular complexity index is 204. The van der Waals surface area contributed by atoms with Gasteiger partial charge in [0.15, 0.2) is 0 Å². The van der Waals surface area contributed by atoms with Crippen LogP contribution in [0.3, 0.4) is 0 Å². The van der Waals surface area contributed by atoms with E-state index in [1.807, 2.05) is 7.11 Å². The molecule has 0 bridgehead atoms. The van der Waals surface area contributed by atoms with E-state index >= 15 is 0 Å². The molecule has 110 valence electrons. The van der Waals surface area contributed by atoms with Crippen LogP contribution in [0.2, 0.25) is 0 Å². The molecule has 1 N–H and O–H groups in total. The topological polar surface area (TPSA) is 30.5 Å². The fourth-order valence-corrected chi connectivity index (χ4v) is 2.57. The SMILES string of the molecule is CCNC(CCC(C)(C)OC)C(CC)(CC)OC. The number of ether oxygens (including phenoxy) is 2. The molecule has 0 radical (unpaired) electrons. The van der Waals surface area contributed by atoms with Gasteiger partial charge in [-0.1, -0.05) is 20.8 Å². The smallest absolute Gasteiger partial charge is 0.0825 e. The van der Waals surface area contributed by atoms with Gasteiger partial charge in [0.05, 0.1) is 11.2 Å². The van der Waals surface area contributed by atoms with Crippen molar-refractivity contribution in [1.82, 2.24) is 5.32 Å². The minimum atomic E-state index is -0.0609. The first-order chi connectivity index (χ1) is 8.41. The lowest BCUT2D eigenvalue weighted by molar-refractivity contribution is -0.0578. The molecule has 3 heteroatoms. The molecular weight excluding hydrogens is 226 g/mol. The second-order valence-corrected chi connectivity index (χ2v) is 5.59. The zero-order valence-corrected chi connectivity index (χ0v) is 13.4. The predicted molar refractivity (Wildman–Crippen MR) is 78.1 cm³/mol. The van der Waals surface area contributed by atoms with E-state index in [1.165, 1.54) is 0 Å². The van der Waals surface area contributed by atoms with Crippen molar-refractivity contribution in [3.05, 3.63) is 0 Å². The van der Waals surface area contributed by atoms with Crippen molar-refractivity contribution >= 4 is 0 Å². The van der Waals surface area contributed by atoms with Crippen LogP contribution in [-0.4, -0.2) is 38.0 Å². The lowest BCUT2D eigenvalue weighted by Crippen LogP contribution is -2.52. The normalized spacial score (nSPS) is 14.8. The van der Waals surface area contributed by atoms with Crippen molar-refractivity contribution in [1.29, 1.82) is 0 Å². The van der Waals surface area contributed by atoms with E-state index in [2.05, 4.69) is 39.9 Å². The Morgan fingerprint density at radius 1 is 1.00 bits per heavy atom. The summed E-state index contributed by atoms with van der Waals surface area (Å²) in [7, 11) is 3.62. The Morgan fingerprint density at radius 3 is 1.89 bits per heavy atom. The summed E-state index contributed by atoms with van der Waals surface area (Å²) >= 11 is 0. The molecule has 0 saturated heterocycles. The third-order valence-corrected chi connectivity index (χ3v) is 4.28. The first-order valence-corrected chi connectivity index (χ1v) is 7.25. The number of methoxy groups -OCH3 is 2. The highest BCUT2D eigenvalue weighted by molar-refractivity contribution is 4.92. The lowest BCUT2D eigenvalue weighted by Gasteiger charge is -2.40. The first-order valence-electron chi connectivity index (χ1n) is 7.25. The van der Waals surface area contributed by atoms with Gasteiger partial charge in [-0.05, 0) is 46.1 Å². The molecule has 0 aromatic rings. The van der Waals surface area contributed by atoms with Gasteiger partial charge in [-0.15, -0.1) is 0 Å². The van der Waals surface area contributed by atoms with E-state index in [4.69, 9.17) is 9.47 Å². The molecule has 0 aromatic carbocycles. The fourth-order valence-electron chi connectivity index (χ4n) is 2.57. The average Bonchev–Trinajstić information content (AvgIpc) is 2.38. The quantitative estimate of drug-likeness (QED) is 0.652.